The molecule has 0 unspecified atom stereocenters. The van der Waals surface area contributed by atoms with Crippen LogP contribution in [-0.2, 0) is 0 Å². The second-order valence-corrected chi connectivity index (χ2v) is 10.5. The van der Waals surface area contributed by atoms with Gasteiger partial charge in [-0.15, -0.1) is 0 Å². The molecule has 0 spiro atoms. The molecule has 3 heteroatoms. The van der Waals surface area contributed by atoms with E-state index >= 15 is 0 Å². The highest BCUT2D eigenvalue weighted by Crippen LogP contribution is 2.29. The van der Waals surface area contributed by atoms with Crippen LogP contribution in [0.4, 0.5) is 0 Å². The minimum Gasteiger partial charge on any atom is -0.303 e. The molecule has 3 aliphatic rings. The monoisotopic (exact) mass is 421 g/mol. The number of hydrogen-bond acceptors (Lipinski definition) is 3. The number of benzene rings is 1. The quantitative estimate of drug-likeness (QED) is 0.533. The summed E-state index contributed by atoms with van der Waals surface area (Å²) in [4.78, 5) is 10.5. The highest BCUT2D eigenvalue weighted by Gasteiger charge is 2.24. The third-order valence-corrected chi connectivity index (χ3v) is 7.78. The van der Waals surface area contributed by atoms with E-state index in [2.05, 4.69) is 49.6 Å². The van der Waals surface area contributed by atoms with Gasteiger partial charge in [0, 0.05) is 18.5 Å². The molecule has 0 aromatic heterocycles. The summed E-state index contributed by atoms with van der Waals surface area (Å²) in [5, 5.41) is 0. The zero-order valence-corrected chi connectivity index (χ0v) is 20.5. The van der Waals surface area contributed by atoms with Gasteiger partial charge in [0.05, 0.1) is 11.4 Å². The van der Waals surface area contributed by atoms with E-state index in [1.54, 1.807) is 0 Å². The van der Waals surface area contributed by atoms with E-state index in [0.29, 0.717) is 0 Å². The molecule has 0 aliphatic carbocycles. The van der Waals surface area contributed by atoms with Gasteiger partial charge >= 0.3 is 0 Å². The molecule has 3 aliphatic heterocycles. The number of aryl methyl sites for hydroxylation is 3. The molecule has 0 radical (unpaired) electrons. The Morgan fingerprint density at radius 1 is 0.871 bits per heavy atom. The van der Waals surface area contributed by atoms with Crippen LogP contribution in [0, 0.1) is 26.7 Å². The SMILES string of the molecule is CC1=C(CN2CCC(CCCN3CCCCC3)CC2)N=C(c2c(C)cc(C)cc2C)C1. The molecule has 0 atom stereocenters. The second kappa shape index (κ2) is 10.4. The van der Waals surface area contributed by atoms with Crippen molar-refractivity contribution >= 4 is 5.71 Å². The maximum atomic E-state index is 5.15. The Kier molecular flexibility index (Phi) is 7.66. The van der Waals surface area contributed by atoms with E-state index < -0.39 is 0 Å². The van der Waals surface area contributed by atoms with Crippen LogP contribution in [0.5, 0.6) is 0 Å². The van der Waals surface area contributed by atoms with Crippen molar-refractivity contribution in [2.24, 2.45) is 10.9 Å². The highest BCUT2D eigenvalue weighted by atomic mass is 15.1. The average Bonchev–Trinajstić information content (AvgIpc) is 3.09. The minimum atomic E-state index is 0.941. The van der Waals surface area contributed by atoms with Gasteiger partial charge in [0.2, 0.25) is 0 Å². The van der Waals surface area contributed by atoms with E-state index in [0.717, 1.165) is 18.9 Å². The zero-order valence-electron chi connectivity index (χ0n) is 20.5. The van der Waals surface area contributed by atoms with Gasteiger partial charge in [-0.2, -0.15) is 0 Å². The van der Waals surface area contributed by atoms with E-state index in [1.165, 1.54) is 117 Å². The molecule has 0 saturated carbocycles. The van der Waals surface area contributed by atoms with Crippen molar-refractivity contribution < 1.29 is 0 Å². The predicted molar refractivity (Wildman–Crippen MR) is 133 cm³/mol. The Labute approximate surface area is 190 Å². The lowest BCUT2D eigenvalue weighted by atomic mass is 9.92. The second-order valence-electron chi connectivity index (χ2n) is 10.5. The molecule has 31 heavy (non-hydrogen) atoms. The van der Waals surface area contributed by atoms with Crippen molar-refractivity contribution in [2.75, 3.05) is 39.3 Å². The minimum absolute atomic E-state index is 0.941. The maximum Gasteiger partial charge on any atom is 0.0540 e. The molecular weight excluding hydrogens is 378 g/mol. The van der Waals surface area contributed by atoms with Crippen LogP contribution >= 0.6 is 0 Å². The molecule has 170 valence electrons. The normalized spacial score (nSPS) is 21.7. The summed E-state index contributed by atoms with van der Waals surface area (Å²) in [7, 11) is 0. The van der Waals surface area contributed by atoms with Crippen LogP contribution in [0.1, 0.15) is 80.5 Å². The standard InChI is InChI=1S/C28H43N3/c1-21-17-23(3)28(24(4)18-21)26-19-22(2)27(29-26)20-31-15-10-25(11-16-31)9-8-14-30-12-6-5-7-13-30/h17-18,25H,5-16,19-20H2,1-4H3. The number of hydrogen-bond donors (Lipinski definition) is 0. The van der Waals surface area contributed by atoms with Crippen LogP contribution in [0.25, 0.3) is 0 Å². The lowest BCUT2D eigenvalue weighted by molar-refractivity contribution is 0.177. The van der Waals surface area contributed by atoms with Gasteiger partial charge in [-0.05, 0) is 122 Å². The molecule has 1 aromatic carbocycles. The number of piperidine rings is 2. The molecular formula is C28H43N3. The lowest BCUT2D eigenvalue weighted by Gasteiger charge is -2.33. The van der Waals surface area contributed by atoms with Gasteiger partial charge in [-0.1, -0.05) is 24.1 Å². The Morgan fingerprint density at radius 3 is 2.23 bits per heavy atom. The van der Waals surface area contributed by atoms with Gasteiger partial charge in [-0.25, -0.2) is 0 Å². The summed E-state index contributed by atoms with van der Waals surface area (Å²) in [5.74, 6) is 0.941. The average molecular weight is 422 g/mol. The number of likely N-dealkylation sites (tertiary alicyclic amines) is 2. The van der Waals surface area contributed by atoms with Crippen molar-refractivity contribution in [1.29, 1.82) is 0 Å². The van der Waals surface area contributed by atoms with Crippen LogP contribution in [0.15, 0.2) is 28.4 Å². The molecule has 0 amide bonds. The summed E-state index contributed by atoms with van der Waals surface area (Å²) in [6.45, 7) is 16.5. The fourth-order valence-electron chi connectivity index (χ4n) is 6.03. The largest absolute Gasteiger partial charge is 0.303 e. The van der Waals surface area contributed by atoms with Gasteiger partial charge in [0.15, 0.2) is 0 Å². The Morgan fingerprint density at radius 2 is 1.55 bits per heavy atom. The molecule has 0 N–H and O–H groups in total. The number of rotatable bonds is 7. The van der Waals surface area contributed by atoms with Crippen LogP contribution in [-0.4, -0.2) is 54.8 Å². The predicted octanol–water partition coefficient (Wildman–Crippen LogP) is 6.06. The first kappa shape index (κ1) is 22.7. The Hall–Kier alpha value is -1.45. The summed E-state index contributed by atoms with van der Waals surface area (Å²) in [5.41, 5.74) is 9.56. The summed E-state index contributed by atoms with van der Waals surface area (Å²) in [6, 6.07) is 4.60. The summed E-state index contributed by atoms with van der Waals surface area (Å²) < 4.78 is 0. The first-order chi connectivity index (χ1) is 15.0. The van der Waals surface area contributed by atoms with Crippen LogP contribution < -0.4 is 0 Å². The third kappa shape index (κ3) is 5.87. The van der Waals surface area contributed by atoms with Crippen LogP contribution in [0.3, 0.4) is 0 Å². The van der Waals surface area contributed by atoms with Gasteiger partial charge in [-0.3, -0.25) is 9.89 Å². The van der Waals surface area contributed by atoms with Gasteiger partial charge in [0.1, 0.15) is 0 Å². The Bertz CT molecular complexity index is 798. The smallest absolute Gasteiger partial charge is 0.0540 e. The van der Waals surface area contributed by atoms with E-state index in [-0.39, 0.29) is 0 Å². The fourth-order valence-corrected chi connectivity index (χ4v) is 6.03. The topological polar surface area (TPSA) is 18.8 Å². The number of allylic oxidation sites excluding steroid dienone is 1. The maximum absolute atomic E-state index is 5.15. The molecule has 0 bridgehead atoms. The number of aliphatic imine (C=N–C) groups is 1. The summed E-state index contributed by atoms with van der Waals surface area (Å²) in [6.07, 6.45) is 10.9. The molecule has 2 fully saturated rings. The highest BCUT2D eigenvalue weighted by molar-refractivity contribution is 6.06. The first-order valence-corrected chi connectivity index (χ1v) is 12.8. The summed E-state index contributed by atoms with van der Waals surface area (Å²) >= 11 is 0. The molecule has 1 aromatic rings. The molecule has 3 nitrogen and oxygen atoms in total. The molecule has 3 heterocycles. The van der Waals surface area contributed by atoms with Crippen molar-refractivity contribution in [3.05, 3.63) is 45.7 Å². The van der Waals surface area contributed by atoms with Crippen molar-refractivity contribution in [1.82, 2.24) is 9.80 Å². The first-order valence-electron chi connectivity index (χ1n) is 12.8. The zero-order chi connectivity index (χ0) is 21.8. The lowest BCUT2D eigenvalue weighted by Crippen LogP contribution is -2.35. The van der Waals surface area contributed by atoms with Crippen molar-refractivity contribution in [3.8, 4) is 0 Å². The van der Waals surface area contributed by atoms with Gasteiger partial charge in [0.25, 0.3) is 0 Å². The van der Waals surface area contributed by atoms with E-state index in [9.17, 15) is 0 Å². The third-order valence-electron chi connectivity index (χ3n) is 7.78. The Balaban J connectivity index is 1.25. The molecule has 4 rings (SSSR count). The van der Waals surface area contributed by atoms with Crippen molar-refractivity contribution in [3.63, 3.8) is 0 Å². The number of nitrogens with zero attached hydrogens (tertiary/aromatic N) is 3. The van der Waals surface area contributed by atoms with Crippen LogP contribution in [0.2, 0.25) is 0 Å². The van der Waals surface area contributed by atoms with E-state index in [1.807, 2.05) is 0 Å². The van der Waals surface area contributed by atoms with Crippen molar-refractivity contribution in [2.45, 2.75) is 79.1 Å². The fraction of sp³-hybridized carbons (Fsp3) is 0.679. The van der Waals surface area contributed by atoms with E-state index in [4.69, 9.17) is 4.99 Å². The van der Waals surface area contributed by atoms with Gasteiger partial charge < -0.3 is 4.90 Å². The molecule has 2 saturated heterocycles.